The molecule has 0 saturated heterocycles. The van der Waals surface area contributed by atoms with Crippen LogP contribution in [0.3, 0.4) is 0 Å². The molecule has 1 aliphatic rings. The molecule has 1 rings (SSSR count). The van der Waals surface area contributed by atoms with E-state index in [-0.39, 0.29) is 0 Å². The predicted molar refractivity (Wildman–Crippen MR) is 50.2 cm³/mol. The van der Waals surface area contributed by atoms with Crippen molar-refractivity contribution < 1.29 is 14.3 Å². The normalized spacial score (nSPS) is 17.2. The van der Waals surface area contributed by atoms with Crippen molar-refractivity contribution in [2.75, 3.05) is 14.2 Å². The molecular weight excluding hydrogens is 186 g/mol. The molecule has 0 fully saturated rings. The minimum absolute atomic E-state index is 0.476. The van der Waals surface area contributed by atoms with E-state index in [0.717, 1.165) is 0 Å². The number of carbonyl (C=O) groups is 1. The van der Waals surface area contributed by atoms with Crippen molar-refractivity contribution in [3.05, 3.63) is 12.4 Å². The second-order valence-corrected chi connectivity index (χ2v) is 2.74. The average Bonchev–Trinajstić information content (AvgIpc) is 2.47. The summed E-state index contributed by atoms with van der Waals surface area (Å²) in [5.74, 6) is 0.588. The Morgan fingerprint density at radius 3 is 2.79 bits per heavy atom. The Morgan fingerprint density at radius 1 is 1.71 bits per heavy atom. The number of hydrogen-bond donors (Lipinski definition) is 0. The lowest BCUT2D eigenvalue weighted by molar-refractivity contribution is -0.0595. The monoisotopic (exact) mass is 199 g/mol. The second kappa shape index (κ2) is 3.99. The van der Waals surface area contributed by atoms with Gasteiger partial charge in [0.1, 0.15) is 12.2 Å². The van der Waals surface area contributed by atoms with E-state index >= 15 is 0 Å². The van der Waals surface area contributed by atoms with Gasteiger partial charge in [0.05, 0.1) is 7.11 Å². The number of hydrazine groups is 1. The molecule has 0 radical (unpaired) electrons. The zero-order valence-corrected chi connectivity index (χ0v) is 8.43. The Hall–Kier alpha value is -1.72. The minimum atomic E-state index is -0.725. The van der Waals surface area contributed by atoms with Gasteiger partial charge in [0.2, 0.25) is 0 Å². The molecule has 0 saturated carbocycles. The molecule has 0 bridgehead atoms. The summed E-state index contributed by atoms with van der Waals surface area (Å²) < 4.78 is 9.26. The van der Waals surface area contributed by atoms with Crippen LogP contribution in [0.1, 0.15) is 6.92 Å². The zero-order valence-electron chi connectivity index (χ0n) is 8.43. The van der Waals surface area contributed by atoms with Crippen LogP contribution in [0.2, 0.25) is 0 Å². The van der Waals surface area contributed by atoms with Crippen LogP contribution in [0.15, 0.2) is 17.4 Å². The fourth-order valence-electron chi connectivity index (χ4n) is 0.999. The molecular formula is C8H13N3O3. The van der Waals surface area contributed by atoms with Gasteiger partial charge < -0.3 is 9.47 Å². The van der Waals surface area contributed by atoms with E-state index in [9.17, 15) is 4.79 Å². The maximum atomic E-state index is 10.8. The summed E-state index contributed by atoms with van der Waals surface area (Å²) in [4.78, 5) is 14.8. The second-order valence-electron chi connectivity index (χ2n) is 2.74. The molecule has 0 aromatic rings. The third-order valence-corrected chi connectivity index (χ3v) is 1.85. The van der Waals surface area contributed by atoms with Crippen LogP contribution in [0.5, 0.6) is 0 Å². The van der Waals surface area contributed by atoms with Crippen LogP contribution in [0, 0.1) is 0 Å². The number of hydrogen-bond acceptors (Lipinski definition) is 6. The number of carbonyl (C=O) groups excluding carboxylic acids is 1. The highest BCUT2D eigenvalue weighted by Gasteiger charge is 2.24. The highest BCUT2D eigenvalue weighted by molar-refractivity contribution is 5.62. The Balaban J connectivity index is 2.54. The van der Waals surface area contributed by atoms with Gasteiger partial charge in [-0.25, -0.2) is 14.8 Å². The van der Waals surface area contributed by atoms with Gasteiger partial charge >= 0.3 is 6.16 Å². The first-order valence-corrected chi connectivity index (χ1v) is 4.06. The van der Waals surface area contributed by atoms with Crippen molar-refractivity contribution in [1.82, 2.24) is 10.0 Å². The molecule has 14 heavy (non-hydrogen) atoms. The number of aliphatic imine (C=N–C) groups is 1. The van der Waals surface area contributed by atoms with E-state index in [2.05, 4.69) is 16.3 Å². The summed E-state index contributed by atoms with van der Waals surface area (Å²) in [5.41, 5.74) is 0. The molecule has 1 heterocycles. The van der Waals surface area contributed by atoms with Crippen molar-refractivity contribution >= 4 is 12.5 Å². The Labute approximate surface area is 82.4 Å². The first kappa shape index (κ1) is 10.4. The van der Waals surface area contributed by atoms with Crippen LogP contribution in [0.25, 0.3) is 0 Å². The van der Waals surface area contributed by atoms with Gasteiger partial charge in [-0.1, -0.05) is 6.58 Å². The average molecular weight is 199 g/mol. The quantitative estimate of drug-likeness (QED) is 0.615. The lowest BCUT2D eigenvalue weighted by atomic mass is 10.6. The molecule has 1 unspecified atom stereocenters. The Kier molecular flexibility index (Phi) is 2.95. The molecule has 6 nitrogen and oxygen atoms in total. The largest absolute Gasteiger partial charge is 0.509 e. The van der Waals surface area contributed by atoms with E-state index in [1.807, 2.05) is 0 Å². The fourth-order valence-corrected chi connectivity index (χ4v) is 0.999. The van der Waals surface area contributed by atoms with Crippen molar-refractivity contribution in [2.24, 2.45) is 4.99 Å². The van der Waals surface area contributed by atoms with Crippen molar-refractivity contribution in [3.8, 4) is 0 Å². The summed E-state index contributed by atoms with van der Waals surface area (Å²) in [6.07, 6.45) is 0.336. The first-order valence-electron chi connectivity index (χ1n) is 4.06. The SMILES string of the molecule is C=C1N=CN(C(C)OC(=O)OC)N1C. The van der Waals surface area contributed by atoms with Crippen LogP contribution in [-0.4, -0.2) is 42.9 Å². The molecule has 6 heteroatoms. The lowest BCUT2D eigenvalue weighted by Crippen LogP contribution is -2.42. The minimum Gasteiger partial charge on any atom is -0.438 e. The summed E-state index contributed by atoms with van der Waals surface area (Å²) in [6.45, 7) is 5.39. The molecule has 78 valence electrons. The van der Waals surface area contributed by atoms with Gasteiger partial charge in [-0.3, -0.25) is 5.01 Å². The maximum Gasteiger partial charge on any atom is 0.509 e. The zero-order chi connectivity index (χ0) is 10.7. The van der Waals surface area contributed by atoms with Gasteiger partial charge in [0.25, 0.3) is 0 Å². The van der Waals surface area contributed by atoms with Gasteiger partial charge in [-0.15, -0.1) is 0 Å². The van der Waals surface area contributed by atoms with Crippen LogP contribution >= 0.6 is 0 Å². The summed E-state index contributed by atoms with van der Waals surface area (Å²) in [7, 11) is 3.03. The van der Waals surface area contributed by atoms with Crippen molar-refractivity contribution in [1.29, 1.82) is 0 Å². The fraction of sp³-hybridized carbons (Fsp3) is 0.500. The van der Waals surface area contributed by atoms with E-state index in [1.165, 1.54) is 13.4 Å². The smallest absolute Gasteiger partial charge is 0.438 e. The molecule has 0 aromatic heterocycles. The number of nitrogens with zero attached hydrogens (tertiary/aromatic N) is 3. The Bertz CT molecular complexity index is 277. The van der Waals surface area contributed by atoms with E-state index in [0.29, 0.717) is 5.82 Å². The molecule has 1 atom stereocenters. The lowest BCUT2D eigenvalue weighted by Gasteiger charge is -2.29. The van der Waals surface area contributed by atoms with Gasteiger partial charge in [0.15, 0.2) is 6.23 Å². The van der Waals surface area contributed by atoms with Gasteiger partial charge in [-0.2, -0.15) is 0 Å². The number of methoxy groups -OCH3 is 1. The highest BCUT2D eigenvalue weighted by atomic mass is 16.7. The third kappa shape index (κ3) is 1.95. The van der Waals surface area contributed by atoms with E-state index in [4.69, 9.17) is 4.74 Å². The summed E-state index contributed by atoms with van der Waals surface area (Å²) in [6, 6.07) is 0. The third-order valence-electron chi connectivity index (χ3n) is 1.85. The number of rotatable bonds is 2. The van der Waals surface area contributed by atoms with E-state index < -0.39 is 12.4 Å². The summed E-state index contributed by atoms with van der Waals surface area (Å²) in [5, 5.41) is 3.30. The highest BCUT2D eigenvalue weighted by Crippen LogP contribution is 2.14. The molecule has 0 amide bonds. The molecule has 0 aromatic carbocycles. The standard InChI is InChI=1S/C8H13N3O3/c1-6-9-5-11(10(6)3)7(2)14-8(12)13-4/h5,7H,1H2,2-4H3. The van der Waals surface area contributed by atoms with Crippen molar-refractivity contribution in [3.63, 3.8) is 0 Å². The first-order chi connectivity index (χ1) is 6.56. The van der Waals surface area contributed by atoms with Crippen LogP contribution in [-0.2, 0) is 9.47 Å². The van der Waals surface area contributed by atoms with E-state index in [1.54, 1.807) is 24.0 Å². The summed E-state index contributed by atoms with van der Waals surface area (Å²) >= 11 is 0. The molecule has 0 aliphatic carbocycles. The van der Waals surface area contributed by atoms with Crippen molar-refractivity contribution in [2.45, 2.75) is 13.2 Å². The Morgan fingerprint density at radius 2 is 2.36 bits per heavy atom. The topological polar surface area (TPSA) is 54.4 Å². The molecule has 0 N–H and O–H groups in total. The van der Waals surface area contributed by atoms with Crippen LogP contribution in [0.4, 0.5) is 4.79 Å². The van der Waals surface area contributed by atoms with Crippen LogP contribution < -0.4 is 0 Å². The number of ether oxygens (including phenoxy) is 2. The molecule has 0 spiro atoms. The molecule has 1 aliphatic heterocycles. The van der Waals surface area contributed by atoms with Gasteiger partial charge in [0, 0.05) is 7.05 Å². The maximum absolute atomic E-state index is 10.8. The predicted octanol–water partition coefficient (Wildman–Crippen LogP) is 0.777. The van der Waals surface area contributed by atoms with Gasteiger partial charge in [-0.05, 0) is 6.92 Å².